The Kier molecular flexibility index (Phi) is 5.56. The number of hydrogen-bond acceptors (Lipinski definition) is 2. The molecule has 1 heterocycles. The molecule has 2 nitrogen and oxygen atoms in total. The minimum absolute atomic E-state index is 0.0897. The van der Waals surface area contributed by atoms with E-state index in [1.807, 2.05) is 0 Å². The van der Waals surface area contributed by atoms with Crippen LogP contribution in [-0.2, 0) is 23.6 Å². The average molecular weight is 413 g/mol. The van der Waals surface area contributed by atoms with Crippen LogP contribution in [-0.4, -0.2) is 18.0 Å². The predicted molar refractivity (Wildman–Crippen MR) is 95.8 cm³/mol. The molecule has 0 radical (unpaired) electrons. The lowest BCUT2D eigenvalue weighted by Crippen LogP contribution is -2.31. The molecule has 0 N–H and O–H groups in total. The van der Waals surface area contributed by atoms with Crippen LogP contribution in [0.3, 0.4) is 0 Å². The molecule has 29 heavy (non-hydrogen) atoms. The van der Waals surface area contributed by atoms with Crippen molar-refractivity contribution >= 4 is 11.5 Å². The summed E-state index contributed by atoms with van der Waals surface area (Å²) >= 11 is 0. The molecule has 0 amide bonds. The lowest BCUT2D eigenvalue weighted by molar-refractivity contribution is -0.143. The Balaban J connectivity index is 1.93. The molecule has 154 valence electrons. The number of ketones is 1. The smallest absolute Gasteiger partial charge is 0.292 e. The molecule has 0 bridgehead atoms. The van der Waals surface area contributed by atoms with Crippen molar-refractivity contribution in [1.82, 2.24) is 0 Å². The van der Waals surface area contributed by atoms with Gasteiger partial charge in [0.15, 0.2) is 5.78 Å². The van der Waals surface area contributed by atoms with Crippen LogP contribution in [0.1, 0.15) is 34.2 Å². The van der Waals surface area contributed by atoms with E-state index in [9.17, 15) is 31.1 Å². The van der Waals surface area contributed by atoms with Gasteiger partial charge in [0.1, 0.15) is 5.71 Å². The van der Waals surface area contributed by atoms with Crippen LogP contribution in [0.25, 0.3) is 0 Å². The summed E-state index contributed by atoms with van der Waals surface area (Å²) in [5, 5.41) is 0. The number of rotatable bonds is 3. The third-order valence-electron chi connectivity index (χ3n) is 4.88. The summed E-state index contributed by atoms with van der Waals surface area (Å²) in [7, 11) is 0. The number of benzene rings is 2. The second-order valence-corrected chi connectivity index (χ2v) is 7.01. The Morgan fingerprint density at radius 2 is 1.55 bits per heavy atom. The molecule has 1 unspecified atom stereocenters. The van der Waals surface area contributed by atoms with Crippen LogP contribution in [0.2, 0.25) is 0 Å². The zero-order chi connectivity index (χ0) is 21.4. The van der Waals surface area contributed by atoms with Crippen molar-refractivity contribution in [2.24, 2.45) is 10.9 Å². The fourth-order valence-electron chi connectivity index (χ4n) is 3.41. The van der Waals surface area contributed by atoms with E-state index in [0.717, 1.165) is 5.56 Å². The molecule has 0 saturated heterocycles. The summed E-state index contributed by atoms with van der Waals surface area (Å²) in [6.45, 7) is 2.09. The van der Waals surface area contributed by atoms with Gasteiger partial charge in [0.2, 0.25) is 0 Å². The van der Waals surface area contributed by atoms with Gasteiger partial charge in [-0.25, -0.2) is 0 Å². The van der Waals surface area contributed by atoms with Gasteiger partial charge in [-0.15, -0.1) is 0 Å². The highest BCUT2D eigenvalue weighted by Gasteiger charge is 2.37. The minimum Gasteiger partial charge on any atom is -0.292 e. The number of Topliss-reactive ketones (excluding diaryl/α,β-unsaturated/α-hetero) is 1. The monoisotopic (exact) mass is 413 g/mol. The van der Waals surface area contributed by atoms with Crippen LogP contribution in [0.4, 0.5) is 26.3 Å². The maximum atomic E-state index is 13.1. The van der Waals surface area contributed by atoms with E-state index in [-0.39, 0.29) is 42.5 Å². The van der Waals surface area contributed by atoms with Crippen LogP contribution in [0.15, 0.2) is 47.5 Å². The number of aliphatic imine (C=N–C) groups is 1. The van der Waals surface area contributed by atoms with E-state index in [1.165, 1.54) is 0 Å². The molecule has 8 heteroatoms. The van der Waals surface area contributed by atoms with Crippen molar-refractivity contribution in [2.75, 3.05) is 6.54 Å². The standard InChI is InChI=1S/C21H17F6NO/c1-12-4-2-3-5-17(12)18-19(29)14(6-7-28-18)8-13-9-15(20(22,23)24)11-16(10-13)21(25,26)27/h2-5,9-11,14H,6-8H2,1H3. The summed E-state index contributed by atoms with van der Waals surface area (Å²) in [6.07, 6.45) is -9.77. The third-order valence-corrected chi connectivity index (χ3v) is 4.88. The lowest BCUT2D eigenvalue weighted by Gasteiger charge is -2.23. The predicted octanol–water partition coefficient (Wildman–Crippen LogP) is 5.65. The third kappa shape index (κ3) is 4.68. The summed E-state index contributed by atoms with van der Waals surface area (Å²) in [6, 6.07) is 8.52. The number of alkyl halides is 6. The number of nitrogens with zero attached hydrogens (tertiary/aromatic N) is 1. The first-order chi connectivity index (χ1) is 13.5. The molecular weight excluding hydrogens is 396 g/mol. The van der Waals surface area contributed by atoms with Crippen LogP contribution in [0, 0.1) is 12.8 Å². The molecule has 2 aromatic carbocycles. The molecule has 0 fully saturated rings. The Morgan fingerprint density at radius 1 is 0.966 bits per heavy atom. The summed E-state index contributed by atoms with van der Waals surface area (Å²) < 4.78 is 78.4. The molecule has 1 aliphatic rings. The minimum atomic E-state index is -4.92. The first kappa shape index (κ1) is 21.1. The number of halogens is 6. The van der Waals surface area contributed by atoms with E-state index >= 15 is 0 Å². The highest BCUT2D eigenvalue weighted by atomic mass is 19.4. The van der Waals surface area contributed by atoms with E-state index in [0.29, 0.717) is 17.7 Å². The Bertz CT molecular complexity index is 926. The Morgan fingerprint density at radius 3 is 2.10 bits per heavy atom. The molecule has 1 aliphatic heterocycles. The molecule has 3 rings (SSSR count). The van der Waals surface area contributed by atoms with Crippen molar-refractivity contribution in [1.29, 1.82) is 0 Å². The molecule has 1 atom stereocenters. The molecular formula is C21H17F6NO. The van der Waals surface area contributed by atoms with Gasteiger partial charge in [0, 0.05) is 18.0 Å². The van der Waals surface area contributed by atoms with E-state index < -0.39 is 29.4 Å². The fourth-order valence-corrected chi connectivity index (χ4v) is 3.41. The van der Waals surface area contributed by atoms with Crippen molar-refractivity contribution in [3.63, 3.8) is 0 Å². The van der Waals surface area contributed by atoms with Gasteiger partial charge in [-0.1, -0.05) is 24.3 Å². The number of carbonyl (C=O) groups excluding carboxylic acids is 1. The van der Waals surface area contributed by atoms with Gasteiger partial charge >= 0.3 is 12.4 Å². The number of carbonyl (C=O) groups is 1. The van der Waals surface area contributed by atoms with Crippen LogP contribution >= 0.6 is 0 Å². The Labute approximate surface area is 163 Å². The van der Waals surface area contributed by atoms with Gasteiger partial charge in [0.05, 0.1) is 11.1 Å². The van der Waals surface area contributed by atoms with E-state index in [4.69, 9.17) is 0 Å². The van der Waals surface area contributed by atoms with Gasteiger partial charge in [-0.2, -0.15) is 26.3 Å². The molecule has 0 spiro atoms. The quantitative estimate of drug-likeness (QED) is 0.598. The molecule has 0 saturated carbocycles. The SMILES string of the molecule is Cc1ccccc1C1=NCCC(Cc2cc(C(F)(F)F)cc(C(F)(F)F)c2)C1=O. The second-order valence-electron chi connectivity index (χ2n) is 7.01. The molecule has 0 aliphatic carbocycles. The molecule has 2 aromatic rings. The van der Waals surface area contributed by atoms with Crippen molar-refractivity contribution < 1.29 is 31.1 Å². The summed E-state index contributed by atoms with van der Waals surface area (Å²) in [5.74, 6) is -1.09. The maximum absolute atomic E-state index is 13.1. The number of hydrogen-bond donors (Lipinski definition) is 0. The fraction of sp³-hybridized carbons (Fsp3) is 0.333. The normalized spacial score (nSPS) is 18.0. The highest BCUT2D eigenvalue weighted by molar-refractivity contribution is 6.47. The topological polar surface area (TPSA) is 29.4 Å². The zero-order valence-corrected chi connectivity index (χ0v) is 15.4. The van der Waals surface area contributed by atoms with Gasteiger partial charge in [-0.3, -0.25) is 9.79 Å². The maximum Gasteiger partial charge on any atom is 0.416 e. The van der Waals surface area contributed by atoms with Gasteiger partial charge in [0.25, 0.3) is 0 Å². The molecule has 0 aromatic heterocycles. The second kappa shape index (κ2) is 7.65. The first-order valence-electron chi connectivity index (χ1n) is 8.90. The van der Waals surface area contributed by atoms with Gasteiger partial charge < -0.3 is 0 Å². The summed E-state index contributed by atoms with van der Waals surface area (Å²) in [4.78, 5) is 17.1. The van der Waals surface area contributed by atoms with Crippen LogP contribution < -0.4 is 0 Å². The van der Waals surface area contributed by atoms with Crippen molar-refractivity contribution in [3.05, 3.63) is 70.3 Å². The zero-order valence-electron chi connectivity index (χ0n) is 15.4. The number of aryl methyl sites for hydroxylation is 1. The largest absolute Gasteiger partial charge is 0.416 e. The first-order valence-corrected chi connectivity index (χ1v) is 8.90. The van der Waals surface area contributed by atoms with E-state index in [2.05, 4.69) is 4.99 Å². The Hall–Kier alpha value is -2.64. The van der Waals surface area contributed by atoms with E-state index in [1.54, 1.807) is 31.2 Å². The van der Waals surface area contributed by atoms with Crippen molar-refractivity contribution in [3.8, 4) is 0 Å². The average Bonchev–Trinajstić information content (AvgIpc) is 2.62. The van der Waals surface area contributed by atoms with Gasteiger partial charge in [-0.05, 0) is 49.1 Å². The summed E-state index contributed by atoms with van der Waals surface area (Å²) in [5.41, 5.74) is -1.25. The van der Waals surface area contributed by atoms with Crippen LogP contribution in [0.5, 0.6) is 0 Å². The lowest BCUT2D eigenvalue weighted by atomic mass is 9.84. The van der Waals surface area contributed by atoms with Crippen molar-refractivity contribution in [2.45, 2.75) is 32.1 Å². The highest BCUT2D eigenvalue weighted by Crippen LogP contribution is 2.37.